The van der Waals surface area contributed by atoms with Crippen LogP contribution in [0.15, 0.2) is 101 Å². The summed E-state index contributed by atoms with van der Waals surface area (Å²) in [6.45, 7) is 6.57. The van der Waals surface area contributed by atoms with Gasteiger partial charge < -0.3 is 19.5 Å². The quantitative estimate of drug-likeness (QED) is 0.294. The predicted molar refractivity (Wildman–Crippen MR) is 159 cm³/mol. The van der Waals surface area contributed by atoms with E-state index >= 15 is 0 Å². The highest BCUT2D eigenvalue weighted by Crippen LogP contribution is 2.47. The summed E-state index contributed by atoms with van der Waals surface area (Å²) >= 11 is 0. The third kappa shape index (κ3) is 6.22. The van der Waals surface area contributed by atoms with Gasteiger partial charge in [0.05, 0.1) is 19.3 Å². The number of benzene rings is 3. The number of dihydropyridines is 1. The minimum absolute atomic E-state index is 0.0302. The van der Waals surface area contributed by atoms with Gasteiger partial charge in [0, 0.05) is 29.3 Å². The molecule has 0 aromatic heterocycles. The molecule has 0 fully saturated rings. The molecule has 1 heterocycles. The van der Waals surface area contributed by atoms with Crippen molar-refractivity contribution in [2.75, 3.05) is 13.7 Å². The molecule has 3 aromatic rings. The summed E-state index contributed by atoms with van der Waals surface area (Å²) in [5.41, 5.74) is 5.60. The summed E-state index contributed by atoms with van der Waals surface area (Å²) in [5.74, 6) is 0.426. The summed E-state index contributed by atoms with van der Waals surface area (Å²) in [4.78, 5) is 27.4. The third-order valence-electron chi connectivity index (χ3n) is 7.62. The van der Waals surface area contributed by atoms with Crippen LogP contribution in [0.5, 0.6) is 11.5 Å². The van der Waals surface area contributed by atoms with E-state index in [-0.39, 0.29) is 17.6 Å². The van der Waals surface area contributed by atoms with Crippen molar-refractivity contribution in [2.45, 2.75) is 52.1 Å². The van der Waals surface area contributed by atoms with Gasteiger partial charge in [-0.3, -0.25) is 4.79 Å². The molecule has 0 unspecified atom stereocenters. The SMILES string of the molecule is COc1cc([C@@H]2C(C(=O)OCC(C)C)=C(C)NC3=C2C(=O)C[C@H](c2ccccc2)C3)ccc1OCc1ccccc1. The summed E-state index contributed by atoms with van der Waals surface area (Å²) in [7, 11) is 1.59. The Morgan fingerprint density at radius 2 is 1.63 bits per heavy atom. The lowest BCUT2D eigenvalue weighted by molar-refractivity contribution is -0.140. The number of hydrogen-bond acceptors (Lipinski definition) is 6. The van der Waals surface area contributed by atoms with Gasteiger partial charge in [0.25, 0.3) is 0 Å². The van der Waals surface area contributed by atoms with Crippen LogP contribution < -0.4 is 14.8 Å². The van der Waals surface area contributed by atoms with E-state index in [0.29, 0.717) is 54.4 Å². The Morgan fingerprint density at radius 3 is 2.32 bits per heavy atom. The first kappa shape index (κ1) is 28.2. The number of nitrogens with one attached hydrogen (secondary N) is 1. The largest absolute Gasteiger partial charge is 0.493 e. The zero-order valence-corrected chi connectivity index (χ0v) is 24.1. The van der Waals surface area contributed by atoms with E-state index in [1.54, 1.807) is 7.11 Å². The molecule has 3 aromatic carbocycles. The van der Waals surface area contributed by atoms with E-state index in [1.165, 1.54) is 0 Å². The molecule has 0 saturated carbocycles. The number of allylic oxidation sites excluding steroid dienone is 3. The van der Waals surface area contributed by atoms with E-state index < -0.39 is 11.9 Å². The van der Waals surface area contributed by atoms with E-state index in [4.69, 9.17) is 14.2 Å². The summed E-state index contributed by atoms with van der Waals surface area (Å²) < 4.78 is 17.5. The van der Waals surface area contributed by atoms with Crippen LogP contribution in [0.2, 0.25) is 0 Å². The molecular weight excluding hydrogens is 514 g/mol. The van der Waals surface area contributed by atoms with Gasteiger partial charge >= 0.3 is 5.97 Å². The van der Waals surface area contributed by atoms with Crippen LogP contribution in [-0.2, 0) is 20.9 Å². The first-order valence-corrected chi connectivity index (χ1v) is 14.2. The lowest BCUT2D eigenvalue weighted by Crippen LogP contribution is -2.36. The molecule has 0 radical (unpaired) electrons. The maximum Gasteiger partial charge on any atom is 0.336 e. The van der Waals surface area contributed by atoms with Crippen molar-refractivity contribution in [1.82, 2.24) is 5.32 Å². The van der Waals surface area contributed by atoms with Gasteiger partial charge in [0.15, 0.2) is 17.3 Å². The van der Waals surface area contributed by atoms with E-state index in [2.05, 4.69) is 17.4 Å². The van der Waals surface area contributed by atoms with E-state index in [0.717, 1.165) is 22.4 Å². The average Bonchev–Trinajstić information content (AvgIpc) is 2.99. The Morgan fingerprint density at radius 1 is 0.927 bits per heavy atom. The predicted octanol–water partition coefficient (Wildman–Crippen LogP) is 6.84. The van der Waals surface area contributed by atoms with Gasteiger partial charge in [0.2, 0.25) is 0 Å². The Balaban J connectivity index is 1.53. The Bertz CT molecular complexity index is 1470. The van der Waals surface area contributed by atoms with E-state index in [9.17, 15) is 9.59 Å². The van der Waals surface area contributed by atoms with Crippen molar-refractivity contribution in [3.63, 3.8) is 0 Å². The fourth-order valence-electron chi connectivity index (χ4n) is 5.64. The number of carbonyl (C=O) groups excluding carboxylic acids is 2. The minimum Gasteiger partial charge on any atom is -0.493 e. The summed E-state index contributed by atoms with van der Waals surface area (Å²) in [6, 6.07) is 25.7. The molecule has 212 valence electrons. The fourth-order valence-corrected chi connectivity index (χ4v) is 5.64. The van der Waals surface area contributed by atoms with Crippen LogP contribution in [-0.4, -0.2) is 25.5 Å². The van der Waals surface area contributed by atoms with Crippen molar-refractivity contribution in [2.24, 2.45) is 5.92 Å². The van der Waals surface area contributed by atoms with Crippen LogP contribution in [0.3, 0.4) is 0 Å². The molecule has 1 aliphatic carbocycles. The standard InChI is InChI=1S/C35H37NO5/c1-22(2)20-41-35(38)32-23(3)36-28-17-27(25-13-9-6-10-14-25)18-29(37)34(28)33(32)26-15-16-30(31(19-26)39-4)40-21-24-11-7-5-8-12-24/h5-16,19,22,27,33,36H,17-18,20-21H2,1-4H3/t27-,33-/m1/s1. The second-order valence-corrected chi connectivity index (χ2v) is 11.1. The van der Waals surface area contributed by atoms with Crippen LogP contribution in [0.1, 0.15) is 62.1 Å². The molecule has 0 saturated heterocycles. The minimum atomic E-state index is -0.577. The molecule has 2 aliphatic rings. The first-order valence-electron chi connectivity index (χ1n) is 14.2. The number of esters is 1. The summed E-state index contributed by atoms with van der Waals surface area (Å²) in [5, 5.41) is 3.43. The first-order chi connectivity index (χ1) is 19.9. The van der Waals surface area contributed by atoms with Crippen LogP contribution in [0.4, 0.5) is 0 Å². The van der Waals surface area contributed by atoms with Crippen molar-refractivity contribution >= 4 is 11.8 Å². The average molecular weight is 552 g/mol. The summed E-state index contributed by atoms with van der Waals surface area (Å²) in [6.07, 6.45) is 1.06. The number of ketones is 1. The normalized spacial score (nSPS) is 18.6. The topological polar surface area (TPSA) is 73.9 Å². The van der Waals surface area contributed by atoms with Crippen LogP contribution >= 0.6 is 0 Å². The van der Waals surface area contributed by atoms with Crippen LogP contribution in [0.25, 0.3) is 0 Å². The van der Waals surface area contributed by atoms with Gasteiger partial charge in [0.1, 0.15) is 6.61 Å². The molecule has 1 aliphatic heterocycles. The fraction of sp³-hybridized carbons (Fsp3) is 0.314. The van der Waals surface area contributed by atoms with Gasteiger partial charge in [-0.2, -0.15) is 0 Å². The zero-order chi connectivity index (χ0) is 28.9. The number of hydrogen-bond donors (Lipinski definition) is 1. The second kappa shape index (κ2) is 12.5. The Kier molecular flexibility index (Phi) is 8.58. The third-order valence-corrected chi connectivity index (χ3v) is 7.62. The lowest BCUT2D eigenvalue weighted by Gasteiger charge is -2.37. The van der Waals surface area contributed by atoms with Crippen molar-refractivity contribution in [1.29, 1.82) is 0 Å². The van der Waals surface area contributed by atoms with Crippen molar-refractivity contribution in [3.8, 4) is 11.5 Å². The van der Waals surface area contributed by atoms with Gasteiger partial charge in [-0.1, -0.05) is 80.6 Å². The molecule has 41 heavy (non-hydrogen) atoms. The Hall–Kier alpha value is -4.32. The zero-order valence-electron chi connectivity index (χ0n) is 24.1. The highest BCUT2D eigenvalue weighted by atomic mass is 16.5. The molecule has 5 rings (SSSR count). The van der Waals surface area contributed by atoms with E-state index in [1.807, 2.05) is 87.5 Å². The molecule has 0 spiro atoms. The number of Topliss-reactive ketones (excluding diaryl/α,β-unsaturated/α-hetero) is 1. The Labute approximate surface area is 242 Å². The molecule has 0 amide bonds. The molecule has 6 heteroatoms. The van der Waals surface area contributed by atoms with Crippen molar-refractivity contribution < 1.29 is 23.8 Å². The number of carbonyl (C=O) groups is 2. The van der Waals surface area contributed by atoms with Crippen LogP contribution in [0, 0.1) is 5.92 Å². The van der Waals surface area contributed by atoms with Gasteiger partial charge in [-0.05, 0) is 54.0 Å². The smallest absolute Gasteiger partial charge is 0.336 e. The molecule has 2 atom stereocenters. The second-order valence-electron chi connectivity index (χ2n) is 11.1. The maximum atomic E-state index is 13.9. The van der Waals surface area contributed by atoms with Gasteiger partial charge in [-0.15, -0.1) is 0 Å². The molecule has 1 N–H and O–H groups in total. The van der Waals surface area contributed by atoms with Crippen molar-refractivity contribution in [3.05, 3.63) is 118 Å². The monoisotopic (exact) mass is 551 g/mol. The number of ether oxygens (including phenoxy) is 3. The lowest BCUT2D eigenvalue weighted by atomic mass is 9.71. The molecule has 6 nitrogen and oxygen atoms in total. The maximum absolute atomic E-state index is 13.9. The highest BCUT2D eigenvalue weighted by molar-refractivity contribution is 6.04. The molecule has 0 bridgehead atoms. The molecular formula is C35H37NO5. The number of methoxy groups -OCH3 is 1. The number of rotatable bonds is 9. The van der Waals surface area contributed by atoms with Gasteiger partial charge in [-0.25, -0.2) is 4.79 Å². The highest BCUT2D eigenvalue weighted by Gasteiger charge is 2.41.